The number of rotatable bonds is 64. The lowest BCUT2D eigenvalue weighted by atomic mass is 10.0. The standard InChI is InChI=1S/C73H135N2O7P/c1-7-10-13-16-19-22-25-27-29-31-33-34-35-36-37-38-39-40-42-43-45-47-50-53-56-59-62-65-72(76)74-70(69-81-83(78,79)80-68-67-75(4,5)6)71(64-61-58-55-52-49-24-21-18-15-12-9-3)82-73(77)66-63-60-57-54-51-48-46-44-41-32-30-28-26-23-20-17-14-11-8-2/h10,13,19,22,27,29,33-34,36-37,61,64,70-71H,7-9,11-12,14-18,20-21,23-26,28,30-32,35,38-60,62-63,65-69H2,1-6H3,(H-,74,76,78,79)/b13-10-,22-19-,29-27-,34-33-,37-36-,64-61-. The molecule has 0 aromatic rings. The number of nitrogens with one attached hydrogen (secondary N) is 1. The number of esters is 1. The van der Waals surface area contributed by atoms with Gasteiger partial charge < -0.3 is 28.5 Å². The van der Waals surface area contributed by atoms with Gasteiger partial charge in [-0.1, -0.05) is 312 Å². The molecule has 0 aromatic carbocycles. The van der Waals surface area contributed by atoms with Crippen LogP contribution >= 0.6 is 7.82 Å². The number of phosphoric ester groups is 1. The fourth-order valence-corrected chi connectivity index (χ4v) is 11.0. The van der Waals surface area contributed by atoms with Crippen molar-refractivity contribution in [3.8, 4) is 0 Å². The summed E-state index contributed by atoms with van der Waals surface area (Å²) in [6.45, 7) is 6.76. The molecular formula is C73H135N2O7P. The third kappa shape index (κ3) is 63.8. The minimum atomic E-state index is -4.70. The van der Waals surface area contributed by atoms with Crippen LogP contribution < -0.4 is 10.2 Å². The van der Waals surface area contributed by atoms with Gasteiger partial charge in [0.2, 0.25) is 5.91 Å². The highest BCUT2D eigenvalue weighted by molar-refractivity contribution is 7.45. The van der Waals surface area contributed by atoms with Gasteiger partial charge in [-0.15, -0.1) is 0 Å². The van der Waals surface area contributed by atoms with Gasteiger partial charge in [0.05, 0.1) is 33.8 Å². The Balaban J connectivity index is 5.00. The molecule has 0 saturated heterocycles. The van der Waals surface area contributed by atoms with E-state index >= 15 is 0 Å². The van der Waals surface area contributed by atoms with Crippen LogP contribution in [0.4, 0.5) is 0 Å². The van der Waals surface area contributed by atoms with Gasteiger partial charge in [0, 0.05) is 12.8 Å². The number of unbranched alkanes of at least 4 members (excludes halogenated alkanes) is 38. The molecule has 9 nitrogen and oxygen atoms in total. The molecular weight excluding hydrogens is 1050 g/mol. The van der Waals surface area contributed by atoms with Crippen molar-refractivity contribution in [2.24, 2.45) is 0 Å². The maximum absolute atomic E-state index is 13.6. The predicted octanol–water partition coefficient (Wildman–Crippen LogP) is 21.7. The largest absolute Gasteiger partial charge is 0.756 e. The second-order valence-corrected chi connectivity index (χ2v) is 26.4. The van der Waals surface area contributed by atoms with E-state index in [2.05, 4.69) is 86.8 Å². The summed E-state index contributed by atoms with van der Waals surface area (Å²) in [6, 6.07) is -0.890. The molecule has 0 spiro atoms. The van der Waals surface area contributed by atoms with Crippen molar-refractivity contribution < 1.29 is 37.3 Å². The van der Waals surface area contributed by atoms with E-state index in [-0.39, 0.29) is 31.5 Å². The van der Waals surface area contributed by atoms with Crippen LogP contribution in [0.15, 0.2) is 72.9 Å². The van der Waals surface area contributed by atoms with E-state index in [0.717, 1.165) is 96.3 Å². The Bertz CT molecular complexity index is 1650. The Hall–Kier alpha value is -2.55. The molecule has 484 valence electrons. The van der Waals surface area contributed by atoms with Crippen molar-refractivity contribution in [2.45, 2.75) is 341 Å². The molecule has 0 aliphatic carbocycles. The van der Waals surface area contributed by atoms with E-state index in [1.807, 2.05) is 33.3 Å². The molecule has 3 unspecified atom stereocenters. The Morgan fingerprint density at radius 3 is 1.16 bits per heavy atom. The molecule has 0 aliphatic heterocycles. The number of amides is 1. The van der Waals surface area contributed by atoms with Gasteiger partial charge >= 0.3 is 5.97 Å². The topological polar surface area (TPSA) is 114 Å². The third-order valence-electron chi connectivity index (χ3n) is 15.7. The van der Waals surface area contributed by atoms with Gasteiger partial charge in [-0.2, -0.15) is 0 Å². The smallest absolute Gasteiger partial charge is 0.306 e. The minimum Gasteiger partial charge on any atom is -0.756 e. The SMILES string of the molecule is CC/C=C\C/C=C\C/C=C\C/C=C\C/C=C\CCCCCCCCCCCCCC(=O)NC(COP(=O)([O-])OCC[N+](C)(C)C)C(/C=C\CCCCCCCCCCC)OC(=O)CCCCCCCCCCCCCCCCCCCCC. The number of allylic oxidation sites excluding steroid dienone is 11. The Labute approximate surface area is 514 Å². The summed E-state index contributed by atoms with van der Waals surface area (Å²) in [7, 11) is 1.19. The third-order valence-corrected chi connectivity index (χ3v) is 16.6. The first-order chi connectivity index (χ1) is 40.4. The highest BCUT2D eigenvalue weighted by atomic mass is 31.2. The zero-order valence-electron chi connectivity index (χ0n) is 55.4. The molecule has 0 fully saturated rings. The lowest BCUT2D eigenvalue weighted by Gasteiger charge is -2.30. The number of nitrogens with zero attached hydrogens (tertiary/aromatic N) is 1. The van der Waals surface area contributed by atoms with E-state index in [1.165, 1.54) is 199 Å². The molecule has 1 N–H and O–H groups in total. The van der Waals surface area contributed by atoms with Gasteiger partial charge in [-0.05, 0) is 76.7 Å². The van der Waals surface area contributed by atoms with E-state index in [4.69, 9.17) is 13.8 Å². The van der Waals surface area contributed by atoms with Crippen molar-refractivity contribution in [2.75, 3.05) is 40.9 Å². The second kappa shape index (κ2) is 62.5. The average Bonchev–Trinajstić information content (AvgIpc) is 3.51. The number of carbonyl (C=O) groups excluding carboxylic acids is 2. The van der Waals surface area contributed by atoms with Crippen molar-refractivity contribution in [1.82, 2.24) is 5.32 Å². The van der Waals surface area contributed by atoms with Crippen LogP contribution in [0, 0.1) is 0 Å². The highest BCUT2D eigenvalue weighted by Gasteiger charge is 2.27. The monoisotopic (exact) mass is 1180 g/mol. The van der Waals surface area contributed by atoms with E-state index < -0.39 is 20.0 Å². The number of quaternary nitrogens is 1. The Morgan fingerprint density at radius 2 is 0.771 bits per heavy atom. The lowest BCUT2D eigenvalue weighted by Crippen LogP contribution is -2.47. The summed E-state index contributed by atoms with van der Waals surface area (Å²) in [5, 5.41) is 3.04. The van der Waals surface area contributed by atoms with Gasteiger partial charge in [-0.3, -0.25) is 14.2 Å². The minimum absolute atomic E-state index is 0.0230. The van der Waals surface area contributed by atoms with Crippen molar-refractivity contribution in [3.63, 3.8) is 0 Å². The maximum atomic E-state index is 13.6. The first-order valence-electron chi connectivity index (χ1n) is 35.2. The number of hydrogen-bond donors (Lipinski definition) is 1. The predicted molar refractivity (Wildman–Crippen MR) is 358 cm³/mol. The highest BCUT2D eigenvalue weighted by Crippen LogP contribution is 2.38. The summed E-state index contributed by atoms with van der Waals surface area (Å²) >= 11 is 0. The molecule has 0 radical (unpaired) electrons. The maximum Gasteiger partial charge on any atom is 0.306 e. The number of likely N-dealkylation sites (N-methyl/N-ethyl adjacent to an activating group) is 1. The van der Waals surface area contributed by atoms with Gasteiger partial charge in [0.25, 0.3) is 7.82 Å². The van der Waals surface area contributed by atoms with Crippen LogP contribution in [0.3, 0.4) is 0 Å². The Morgan fingerprint density at radius 1 is 0.434 bits per heavy atom. The summed E-state index contributed by atoms with van der Waals surface area (Å²) < 4.78 is 30.4. The zero-order chi connectivity index (χ0) is 60.7. The van der Waals surface area contributed by atoms with Crippen LogP contribution in [0.25, 0.3) is 0 Å². The van der Waals surface area contributed by atoms with Crippen LogP contribution in [-0.2, 0) is 27.9 Å². The molecule has 0 aliphatic rings. The molecule has 83 heavy (non-hydrogen) atoms. The molecule has 0 aromatic heterocycles. The molecule has 0 bridgehead atoms. The first kappa shape index (κ1) is 80.5. The van der Waals surface area contributed by atoms with Gasteiger partial charge in [0.15, 0.2) is 0 Å². The molecule has 0 heterocycles. The Kier molecular flexibility index (Phi) is 60.6. The van der Waals surface area contributed by atoms with Crippen LogP contribution in [0.1, 0.15) is 329 Å². The number of hydrogen-bond acceptors (Lipinski definition) is 7. The van der Waals surface area contributed by atoms with E-state index in [9.17, 15) is 19.0 Å². The molecule has 0 saturated carbocycles. The van der Waals surface area contributed by atoms with E-state index in [1.54, 1.807) is 0 Å². The van der Waals surface area contributed by atoms with Crippen molar-refractivity contribution in [3.05, 3.63) is 72.9 Å². The zero-order valence-corrected chi connectivity index (χ0v) is 56.3. The number of phosphoric acid groups is 1. The molecule has 3 atom stereocenters. The molecule has 0 rings (SSSR count). The second-order valence-electron chi connectivity index (χ2n) is 25.0. The van der Waals surface area contributed by atoms with Gasteiger partial charge in [0.1, 0.15) is 19.3 Å². The summed E-state index contributed by atoms with van der Waals surface area (Å²) in [4.78, 5) is 40.1. The lowest BCUT2D eigenvalue weighted by molar-refractivity contribution is -0.870. The van der Waals surface area contributed by atoms with E-state index in [0.29, 0.717) is 17.4 Å². The fourth-order valence-electron chi connectivity index (χ4n) is 10.3. The molecule has 1 amide bonds. The quantitative estimate of drug-likeness (QED) is 0.0212. The first-order valence-corrected chi connectivity index (χ1v) is 36.7. The van der Waals surface area contributed by atoms with Gasteiger partial charge in [-0.25, -0.2) is 0 Å². The fraction of sp³-hybridized carbons (Fsp3) is 0.808. The van der Waals surface area contributed by atoms with Crippen molar-refractivity contribution >= 4 is 19.7 Å². The van der Waals surface area contributed by atoms with Crippen LogP contribution in [0.5, 0.6) is 0 Å². The summed E-state index contributed by atoms with van der Waals surface area (Å²) in [6.07, 6.45) is 81.7. The summed E-state index contributed by atoms with van der Waals surface area (Å²) in [5.74, 6) is -0.533. The van der Waals surface area contributed by atoms with Crippen LogP contribution in [-0.4, -0.2) is 69.4 Å². The number of ether oxygens (including phenoxy) is 1. The van der Waals surface area contributed by atoms with Crippen LogP contribution in [0.2, 0.25) is 0 Å². The summed E-state index contributed by atoms with van der Waals surface area (Å²) in [5.41, 5.74) is 0. The molecule has 10 heteroatoms. The van der Waals surface area contributed by atoms with Crippen molar-refractivity contribution in [1.29, 1.82) is 0 Å². The average molecular weight is 1180 g/mol. The normalized spacial score (nSPS) is 14.0. The number of carbonyl (C=O) groups is 2.